The number of aliphatic hydroxyl groups is 1. The number of ether oxygens (including phenoxy) is 2. The zero-order valence-electron chi connectivity index (χ0n) is 12.7. The van der Waals surface area contributed by atoms with E-state index in [1.54, 1.807) is 11.9 Å². The highest BCUT2D eigenvalue weighted by Crippen LogP contribution is 2.54. The lowest BCUT2D eigenvalue weighted by atomic mass is 9.74. The highest BCUT2D eigenvalue weighted by Gasteiger charge is 2.63. The Morgan fingerprint density at radius 2 is 2.41 bits per heavy atom. The Morgan fingerprint density at radius 1 is 1.59 bits per heavy atom. The molecule has 1 amide bonds. The van der Waals surface area contributed by atoms with Gasteiger partial charge in [-0.15, -0.1) is 5.10 Å². The molecule has 3 aliphatic rings. The van der Waals surface area contributed by atoms with Crippen LogP contribution in [0.1, 0.15) is 23.5 Å². The summed E-state index contributed by atoms with van der Waals surface area (Å²) < 4.78 is 12.6. The highest BCUT2D eigenvalue weighted by atomic mass is 16.5. The van der Waals surface area contributed by atoms with Crippen molar-refractivity contribution in [1.82, 2.24) is 19.7 Å². The summed E-state index contributed by atoms with van der Waals surface area (Å²) in [4.78, 5) is 18.5. The first kappa shape index (κ1) is 14.0. The number of aliphatic hydroxyl groups excluding tert-OH is 1. The largest absolute Gasteiger partial charge is 0.467 e. The van der Waals surface area contributed by atoms with Gasteiger partial charge < -0.3 is 19.5 Å². The molecule has 0 aromatic carbocycles. The number of fused-ring (bicyclic) bond motifs is 1. The van der Waals surface area contributed by atoms with Crippen molar-refractivity contribution in [2.75, 3.05) is 26.8 Å². The predicted octanol–water partition coefficient (Wildman–Crippen LogP) is -0.564. The molecule has 0 radical (unpaired) electrons. The van der Waals surface area contributed by atoms with Crippen LogP contribution < -0.4 is 4.74 Å². The Kier molecular flexibility index (Phi) is 2.96. The summed E-state index contributed by atoms with van der Waals surface area (Å²) in [5.74, 6) is 0.292. The third-order valence-electron chi connectivity index (χ3n) is 5.38. The zero-order chi connectivity index (χ0) is 15.5. The lowest BCUT2D eigenvalue weighted by Gasteiger charge is -2.27. The van der Waals surface area contributed by atoms with Gasteiger partial charge in [-0.2, -0.15) is 4.98 Å². The Hall–Kier alpha value is -1.67. The van der Waals surface area contributed by atoms with Crippen molar-refractivity contribution in [1.29, 1.82) is 0 Å². The van der Waals surface area contributed by atoms with Crippen LogP contribution in [-0.4, -0.2) is 69.2 Å². The second kappa shape index (κ2) is 4.66. The first-order valence-corrected chi connectivity index (χ1v) is 7.61. The first-order valence-electron chi connectivity index (χ1n) is 7.61. The molecular formula is C14H20N4O4. The SMILES string of the molecule is COc1nc(C(=O)N2C[C@H]3[C@@H](CO)[C@@H]4CC[C@@]3(C2)O4)nn1C. The number of amides is 1. The molecule has 0 aliphatic carbocycles. The summed E-state index contributed by atoms with van der Waals surface area (Å²) >= 11 is 0. The van der Waals surface area contributed by atoms with Crippen LogP contribution in [0.25, 0.3) is 0 Å². The summed E-state index contributed by atoms with van der Waals surface area (Å²) in [6.45, 7) is 1.28. The maximum absolute atomic E-state index is 12.6. The molecule has 2 bridgehead atoms. The Balaban J connectivity index is 1.56. The molecule has 1 aromatic rings. The minimum atomic E-state index is -0.271. The number of methoxy groups -OCH3 is 1. The van der Waals surface area contributed by atoms with Crippen molar-refractivity contribution in [2.45, 2.75) is 24.5 Å². The molecule has 22 heavy (non-hydrogen) atoms. The fourth-order valence-corrected chi connectivity index (χ4v) is 4.37. The lowest BCUT2D eigenvalue weighted by Crippen LogP contribution is -2.38. The van der Waals surface area contributed by atoms with Gasteiger partial charge in [0.2, 0.25) is 5.82 Å². The molecule has 3 fully saturated rings. The van der Waals surface area contributed by atoms with Gasteiger partial charge in [0.05, 0.1) is 25.4 Å². The van der Waals surface area contributed by atoms with Crippen molar-refractivity contribution in [3.8, 4) is 6.01 Å². The third kappa shape index (κ3) is 1.73. The molecule has 4 heterocycles. The molecule has 1 aromatic heterocycles. The number of aryl methyl sites for hydroxylation is 1. The number of carbonyl (C=O) groups is 1. The molecular weight excluding hydrogens is 288 g/mol. The Labute approximate surface area is 128 Å². The van der Waals surface area contributed by atoms with E-state index in [-0.39, 0.29) is 41.9 Å². The summed E-state index contributed by atoms with van der Waals surface area (Å²) in [7, 11) is 3.18. The van der Waals surface area contributed by atoms with Crippen LogP contribution in [0, 0.1) is 11.8 Å². The molecule has 3 saturated heterocycles. The molecule has 4 atom stereocenters. The predicted molar refractivity (Wildman–Crippen MR) is 74.4 cm³/mol. The normalized spacial score (nSPS) is 36.0. The van der Waals surface area contributed by atoms with E-state index < -0.39 is 0 Å². The van der Waals surface area contributed by atoms with Gasteiger partial charge in [-0.1, -0.05) is 0 Å². The van der Waals surface area contributed by atoms with Crippen LogP contribution >= 0.6 is 0 Å². The van der Waals surface area contributed by atoms with Gasteiger partial charge in [-0.3, -0.25) is 4.79 Å². The van der Waals surface area contributed by atoms with Gasteiger partial charge in [0.1, 0.15) is 0 Å². The second-order valence-corrected chi connectivity index (χ2v) is 6.44. The van der Waals surface area contributed by atoms with Gasteiger partial charge in [0.15, 0.2) is 0 Å². The Bertz CT molecular complexity index is 618. The van der Waals surface area contributed by atoms with Crippen molar-refractivity contribution >= 4 is 5.91 Å². The van der Waals surface area contributed by atoms with Crippen LogP contribution in [0.2, 0.25) is 0 Å². The van der Waals surface area contributed by atoms with Crippen LogP contribution in [0.5, 0.6) is 6.01 Å². The summed E-state index contributed by atoms with van der Waals surface area (Å²) in [5, 5.41) is 13.7. The van der Waals surface area contributed by atoms with Crippen molar-refractivity contribution in [2.24, 2.45) is 18.9 Å². The van der Waals surface area contributed by atoms with Crippen LogP contribution in [0.3, 0.4) is 0 Å². The van der Waals surface area contributed by atoms with Crippen LogP contribution in [0.15, 0.2) is 0 Å². The summed E-state index contributed by atoms with van der Waals surface area (Å²) in [6.07, 6.45) is 2.08. The molecule has 3 aliphatic heterocycles. The number of hydrogen-bond donors (Lipinski definition) is 1. The van der Waals surface area contributed by atoms with Crippen LogP contribution in [0.4, 0.5) is 0 Å². The van der Waals surface area contributed by atoms with E-state index in [4.69, 9.17) is 9.47 Å². The summed E-state index contributed by atoms with van der Waals surface area (Å²) in [6, 6.07) is 0.311. The smallest absolute Gasteiger partial charge is 0.314 e. The number of hydrogen-bond acceptors (Lipinski definition) is 6. The number of carbonyl (C=O) groups excluding carboxylic acids is 1. The zero-order valence-corrected chi connectivity index (χ0v) is 12.7. The topological polar surface area (TPSA) is 89.7 Å². The van der Waals surface area contributed by atoms with E-state index in [1.807, 2.05) is 0 Å². The van der Waals surface area contributed by atoms with E-state index in [0.29, 0.717) is 19.1 Å². The molecule has 4 rings (SSSR count). The minimum Gasteiger partial charge on any atom is -0.467 e. The van der Waals surface area contributed by atoms with E-state index >= 15 is 0 Å². The maximum atomic E-state index is 12.6. The number of likely N-dealkylation sites (tertiary alicyclic amines) is 1. The monoisotopic (exact) mass is 308 g/mol. The van der Waals surface area contributed by atoms with E-state index in [1.165, 1.54) is 11.8 Å². The quantitative estimate of drug-likeness (QED) is 0.805. The summed E-state index contributed by atoms with van der Waals surface area (Å²) in [5.41, 5.74) is -0.271. The van der Waals surface area contributed by atoms with Gasteiger partial charge in [0, 0.05) is 32.0 Å². The fraction of sp³-hybridized carbons (Fsp3) is 0.786. The van der Waals surface area contributed by atoms with E-state index in [0.717, 1.165) is 12.8 Å². The van der Waals surface area contributed by atoms with Crippen molar-refractivity contribution in [3.05, 3.63) is 5.82 Å². The Morgan fingerprint density at radius 3 is 3.09 bits per heavy atom. The standard InChI is InChI=1S/C14H20N4O4/c1-17-13(21-2)15-11(16-17)12(20)18-5-9-8(6-19)10-3-4-14(9,7-18)22-10/h8-10,19H,3-7H2,1-2H3/t8-,9+,10+,14+/m1/s1. The van der Waals surface area contributed by atoms with Gasteiger partial charge in [-0.05, 0) is 12.8 Å². The highest BCUT2D eigenvalue weighted by molar-refractivity contribution is 5.91. The van der Waals surface area contributed by atoms with Crippen molar-refractivity contribution in [3.63, 3.8) is 0 Å². The molecule has 1 spiro atoms. The fourth-order valence-electron chi connectivity index (χ4n) is 4.37. The average molecular weight is 308 g/mol. The molecule has 0 saturated carbocycles. The number of aromatic nitrogens is 3. The lowest BCUT2D eigenvalue weighted by molar-refractivity contribution is 0.00141. The molecule has 8 nitrogen and oxygen atoms in total. The molecule has 0 unspecified atom stereocenters. The first-order chi connectivity index (χ1) is 10.6. The third-order valence-corrected chi connectivity index (χ3v) is 5.38. The van der Waals surface area contributed by atoms with Gasteiger partial charge in [-0.25, -0.2) is 4.68 Å². The molecule has 1 N–H and O–H groups in total. The van der Waals surface area contributed by atoms with Gasteiger partial charge in [0.25, 0.3) is 5.91 Å². The second-order valence-electron chi connectivity index (χ2n) is 6.44. The van der Waals surface area contributed by atoms with E-state index in [9.17, 15) is 9.90 Å². The van der Waals surface area contributed by atoms with E-state index in [2.05, 4.69) is 10.1 Å². The van der Waals surface area contributed by atoms with Crippen LogP contribution in [-0.2, 0) is 11.8 Å². The van der Waals surface area contributed by atoms with Crippen molar-refractivity contribution < 1.29 is 19.4 Å². The number of nitrogens with zero attached hydrogens (tertiary/aromatic N) is 4. The van der Waals surface area contributed by atoms with Gasteiger partial charge >= 0.3 is 6.01 Å². The minimum absolute atomic E-state index is 0.120. The average Bonchev–Trinajstić information content (AvgIpc) is 3.23. The molecule has 120 valence electrons. The maximum Gasteiger partial charge on any atom is 0.314 e. The number of rotatable bonds is 3. The molecule has 8 heteroatoms.